The van der Waals surface area contributed by atoms with E-state index < -0.39 is 5.97 Å². The number of rotatable bonds is 5. The van der Waals surface area contributed by atoms with Crippen LogP contribution >= 0.6 is 0 Å². The molecule has 4 rings (SSSR count). The van der Waals surface area contributed by atoms with Crippen LogP contribution in [0.3, 0.4) is 0 Å². The zero-order valence-corrected chi connectivity index (χ0v) is 19.6. The van der Waals surface area contributed by atoms with Crippen molar-refractivity contribution in [3.63, 3.8) is 0 Å². The van der Waals surface area contributed by atoms with Crippen molar-refractivity contribution in [2.24, 2.45) is 11.8 Å². The van der Waals surface area contributed by atoms with Gasteiger partial charge < -0.3 is 5.11 Å². The molecular weight excluding hydrogens is 416 g/mol. The first-order valence-corrected chi connectivity index (χ1v) is 11.7. The van der Waals surface area contributed by atoms with E-state index >= 15 is 0 Å². The molecule has 0 saturated heterocycles. The summed E-state index contributed by atoms with van der Waals surface area (Å²) in [7, 11) is 0. The van der Waals surface area contributed by atoms with Crippen LogP contribution in [-0.4, -0.2) is 20.2 Å². The fraction of sp³-hybridized carbons (Fsp3) is 0.444. The molecule has 0 amide bonds. The minimum absolute atomic E-state index is 0.0505. The Balaban J connectivity index is 1.69. The van der Waals surface area contributed by atoms with Gasteiger partial charge in [-0.3, -0.25) is 18.7 Å². The molecule has 0 radical (unpaired) electrons. The first kappa shape index (κ1) is 23.0. The minimum Gasteiger partial charge on any atom is -0.481 e. The van der Waals surface area contributed by atoms with Crippen LogP contribution < -0.4 is 11.2 Å². The second-order valence-corrected chi connectivity index (χ2v) is 10.3. The lowest BCUT2D eigenvalue weighted by Crippen LogP contribution is -2.42. The van der Waals surface area contributed by atoms with E-state index in [1.165, 1.54) is 10.1 Å². The summed E-state index contributed by atoms with van der Waals surface area (Å²) >= 11 is 0. The number of hydrogen-bond acceptors (Lipinski definition) is 3. The van der Waals surface area contributed by atoms with Crippen LogP contribution in [0.2, 0.25) is 0 Å². The molecule has 1 saturated carbocycles. The summed E-state index contributed by atoms with van der Waals surface area (Å²) in [4.78, 5) is 38.0. The highest BCUT2D eigenvalue weighted by Crippen LogP contribution is 2.29. The smallest absolute Gasteiger partial charge is 0.331 e. The molecule has 0 atom stereocenters. The van der Waals surface area contributed by atoms with Crippen LogP contribution in [0, 0.1) is 11.8 Å². The molecule has 174 valence electrons. The molecule has 33 heavy (non-hydrogen) atoms. The highest BCUT2D eigenvalue weighted by molar-refractivity contribution is 5.78. The highest BCUT2D eigenvalue weighted by atomic mass is 16.4. The predicted octanol–water partition coefficient (Wildman–Crippen LogP) is 4.40. The first-order chi connectivity index (χ1) is 15.6. The minimum atomic E-state index is -0.754. The number of para-hydroxylation sites is 1. The van der Waals surface area contributed by atoms with Gasteiger partial charge in [0.25, 0.3) is 5.56 Å². The Hall–Kier alpha value is -3.15. The number of fused-ring (bicyclic) bond motifs is 1. The molecule has 2 aromatic carbocycles. The maximum absolute atomic E-state index is 13.5. The van der Waals surface area contributed by atoms with Crippen molar-refractivity contribution in [2.75, 3.05) is 0 Å². The van der Waals surface area contributed by atoms with Crippen LogP contribution in [0.15, 0.2) is 58.1 Å². The second-order valence-electron chi connectivity index (χ2n) is 10.3. The molecule has 1 fully saturated rings. The number of carboxylic acids is 1. The van der Waals surface area contributed by atoms with Gasteiger partial charge in [0.1, 0.15) is 0 Å². The van der Waals surface area contributed by atoms with Crippen LogP contribution in [0.4, 0.5) is 0 Å². The molecule has 0 aliphatic heterocycles. The van der Waals surface area contributed by atoms with Gasteiger partial charge in [-0.05, 0) is 60.3 Å². The van der Waals surface area contributed by atoms with E-state index in [0.717, 1.165) is 5.56 Å². The summed E-state index contributed by atoms with van der Waals surface area (Å²) in [6.07, 6.45) is 2.61. The molecule has 1 aliphatic carbocycles. The fourth-order valence-electron chi connectivity index (χ4n) is 4.83. The van der Waals surface area contributed by atoms with Crippen molar-refractivity contribution in [1.82, 2.24) is 9.13 Å². The van der Waals surface area contributed by atoms with Gasteiger partial charge in [-0.15, -0.1) is 0 Å². The standard InChI is InChI=1S/C27H32N2O4/c1-27(2,3)21-14-10-19(11-15-21)16-28-23-7-5-4-6-22(23)24(30)29(26(28)33)17-18-8-12-20(13-9-18)25(31)32/h4-7,10-11,14-15,18,20H,8-9,12-13,16-17H2,1-3H3,(H,31,32). The molecule has 0 unspecified atom stereocenters. The SMILES string of the molecule is CC(C)(C)c1ccc(Cn2c(=O)n(CC3CCC(C(=O)O)CC3)c(=O)c3ccccc32)cc1. The summed E-state index contributed by atoms with van der Waals surface area (Å²) in [5, 5.41) is 9.78. The number of aliphatic carboxylic acids is 1. The maximum atomic E-state index is 13.5. The van der Waals surface area contributed by atoms with Crippen molar-refractivity contribution in [3.8, 4) is 0 Å². The average molecular weight is 449 g/mol. The largest absolute Gasteiger partial charge is 0.481 e. The molecular formula is C27H32N2O4. The lowest BCUT2D eigenvalue weighted by atomic mass is 9.82. The van der Waals surface area contributed by atoms with Gasteiger partial charge in [0.15, 0.2) is 0 Å². The zero-order valence-electron chi connectivity index (χ0n) is 19.6. The predicted molar refractivity (Wildman–Crippen MR) is 130 cm³/mol. The summed E-state index contributed by atoms with van der Waals surface area (Å²) in [5.41, 5.74) is 2.34. The van der Waals surface area contributed by atoms with Gasteiger partial charge in [-0.2, -0.15) is 0 Å². The van der Waals surface area contributed by atoms with Crippen LogP contribution in [0.5, 0.6) is 0 Å². The van der Waals surface area contributed by atoms with Gasteiger partial charge in [0, 0.05) is 6.54 Å². The van der Waals surface area contributed by atoms with Gasteiger partial charge in [0.05, 0.1) is 23.4 Å². The molecule has 1 aromatic heterocycles. The number of carbonyl (C=O) groups is 1. The lowest BCUT2D eigenvalue weighted by Gasteiger charge is -2.26. The summed E-state index contributed by atoms with van der Waals surface area (Å²) in [5.74, 6) is -0.940. The summed E-state index contributed by atoms with van der Waals surface area (Å²) in [6, 6.07) is 15.5. The molecule has 0 spiro atoms. The van der Waals surface area contributed by atoms with E-state index in [4.69, 9.17) is 0 Å². The Kier molecular flexibility index (Phi) is 6.28. The molecule has 6 nitrogen and oxygen atoms in total. The van der Waals surface area contributed by atoms with Crippen molar-refractivity contribution in [3.05, 3.63) is 80.5 Å². The zero-order chi connectivity index (χ0) is 23.8. The second kappa shape index (κ2) is 9.00. The Labute approximate surface area is 193 Å². The summed E-state index contributed by atoms with van der Waals surface area (Å²) < 4.78 is 3.04. The van der Waals surface area contributed by atoms with Crippen LogP contribution in [-0.2, 0) is 23.3 Å². The topological polar surface area (TPSA) is 81.3 Å². The quantitative estimate of drug-likeness (QED) is 0.627. The number of hydrogen-bond donors (Lipinski definition) is 1. The Morgan fingerprint density at radius 1 is 0.939 bits per heavy atom. The van der Waals surface area contributed by atoms with Crippen LogP contribution in [0.1, 0.15) is 57.6 Å². The van der Waals surface area contributed by atoms with Gasteiger partial charge in [-0.25, -0.2) is 4.79 Å². The van der Waals surface area contributed by atoms with E-state index in [9.17, 15) is 19.5 Å². The van der Waals surface area contributed by atoms with Crippen molar-refractivity contribution in [2.45, 2.75) is 65.0 Å². The lowest BCUT2D eigenvalue weighted by molar-refractivity contribution is -0.143. The van der Waals surface area contributed by atoms with E-state index in [-0.39, 0.29) is 28.5 Å². The number of carboxylic acid groups (broad SMARTS) is 1. The summed E-state index contributed by atoms with van der Waals surface area (Å²) in [6.45, 7) is 7.22. The number of nitrogens with zero attached hydrogens (tertiary/aromatic N) is 2. The Morgan fingerprint density at radius 2 is 1.58 bits per heavy atom. The maximum Gasteiger partial charge on any atom is 0.331 e. The van der Waals surface area contributed by atoms with Gasteiger partial charge in [-0.1, -0.05) is 57.2 Å². The molecule has 0 bridgehead atoms. The van der Waals surface area contributed by atoms with E-state index in [1.807, 2.05) is 30.3 Å². The average Bonchev–Trinajstić information content (AvgIpc) is 2.79. The van der Waals surface area contributed by atoms with E-state index in [2.05, 4.69) is 32.9 Å². The third-order valence-electron chi connectivity index (χ3n) is 6.93. The third kappa shape index (κ3) is 4.80. The molecule has 1 heterocycles. The first-order valence-electron chi connectivity index (χ1n) is 11.7. The van der Waals surface area contributed by atoms with E-state index in [0.29, 0.717) is 49.7 Å². The third-order valence-corrected chi connectivity index (χ3v) is 6.93. The fourth-order valence-corrected chi connectivity index (χ4v) is 4.83. The number of aromatic nitrogens is 2. The number of benzene rings is 2. The van der Waals surface area contributed by atoms with Gasteiger partial charge >= 0.3 is 11.7 Å². The van der Waals surface area contributed by atoms with Crippen LogP contribution in [0.25, 0.3) is 10.9 Å². The monoisotopic (exact) mass is 448 g/mol. The molecule has 6 heteroatoms. The van der Waals surface area contributed by atoms with Crippen molar-refractivity contribution >= 4 is 16.9 Å². The normalized spacial score (nSPS) is 19.0. The highest BCUT2D eigenvalue weighted by Gasteiger charge is 2.27. The van der Waals surface area contributed by atoms with Crippen molar-refractivity contribution in [1.29, 1.82) is 0 Å². The molecule has 1 N–H and O–H groups in total. The Morgan fingerprint density at radius 3 is 2.18 bits per heavy atom. The Bertz CT molecular complexity index is 1270. The molecule has 3 aromatic rings. The van der Waals surface area contributed by atoms with Crippen molar-refractivity contribution < 1.29 is 9.90 Å². The van der Waals surface area contributed by atoms with E-state index in [1.54, 1.807) is 10.6 Å². The molecule has 1 aliphatic rings. The van der Waals surface area contributed by atoms with Gasteiger partial charge in [0.2, 0.25) is 0 Å².